The second kappa shape index (κ2) is 6.31. The minimum Gasteiger partial charge on any atom is -0.390 e. The molecule has 2 atom stereocenters. The van der Waals surface area contributed by atoms with Crippen LogP contribution in [0.25, 0.3) is 0 Å². The van der Waals surface area contributed by atoms with Gasteiger partial charge >= 0.3 is 0 Å². The van der Waals surface area contributed by atoms with Crippen molar-refractivity contribution in [2.24, 2.45) is 0 Å². The molecule has 0 aromatic heterocycles. The maximum atomic E-state index is 9.69. The molecule has 0 bridgehead atoms. The monoisotopic (exact) mass is 200 g/mol. The Morgan fingerprint density at radius 3 is 3.15 bits per heavy atom. The van der Waals surface area contributed by atoms with Crippen molar-refractivity contribution in [2.75, 3.05) is 18.1 Å². The van der Waals surface area contributed by atoms with Crippen molar-refractivity contribution in [3.05, 3.63) is 0 Å². The van der Waals surface area contributed by atoms with Crippen LogP contribution in [0, 0.1) is 12.3 Å². The zero-order valence-corrected chi connectivity index (χ0v) is 8.55. The predicted octanol–water partition coefficient (Wildman–Crippen LogP) is 1.28. The van der Waals surface area contributed by atoms with Gasteiger partial charge in [-0.15, -0.1) is 12.3 Å². The molecule has 1 heterocycles. The average Bonchev–Trinajstić information content (AvgIpc) is 2.19. The molecule has 0 radical (unpaired) electrons. The first-order valence-corrected chi connectivity index (χ1v) is 5.81. The molecular weight excluding hydrogens is 184 g/mol. The predicted molar refractivity (Wildman–Crippen MR) is 55.8 cm³/mol. The number of rotatable bonds is 4. The highest BCUT2D eigenvalue weighted by molar-refractivity contribution is 7.99. The van der Waals surface area contributed by atoms with Gasteiger partial charge < -0.3 is 9.84 Å². The molecule has 1 fully saturated rings. The normalized spacial score (nSPS) is 25.1. The Hall–Kier alpha value is -0.170. The van der Waals surface area contributed by atoms with Crippen molar-refractivity contribution >= 4 is 11.8 Å². The van der Waals surface area contributed by atoms with E-state index in [9.17, 15) is 5.11 Å². The van der Waals surface area contributed by atoms with Crippen LogP contribution in [0.2, 0.25) is 0 Å². The highest BCUT2D eigenvalue weighted by Gasteiger charge is 2.21. The van der Waals surface area contributed by atoms with E-state index in [1.54, 1.807) is 0 Å². The van der Waals surface area contributed by atoms with Crippen LogP contribution in [-0.4, -0.2) is 35.4 Å². The summed E-state index contributed by atoms with van der Waals surface area (Å²) >= 11 is 1.85. The lowest BCUT2D eigenvalue weighted by Gasteiger charge is -2.26. The van der Waals surface area contributed by atoms with Gasteiger partial charge in [-0.2, -0.15) is 11.8 Å². The molecular formula is C10H16O2S. The summed E-state index contributed by atoms with van der Waals surface area (Å²) in [6.07, 6.45) is 7.22. The summed E-state index contributed by atoms with van der Waals surface area (Å²) in [6, 6.07) is 0. The van der Waals surface area contributed by atoms with E-state index in [4.69, 9.17) is 11.2 Å². The van der Waals surface area contributed by atoms with Gasteiger partial charge in [0.25, 0.3) is 0 Å². The molecule has 1 N–H and O–H groups in total. The van der Waals surface area contributed by atoms with Gasteiger partial charge in [-0.3, -0.25) is 0 Å². The first-order valence-electron chi connectivity index (χ1n) is 4.65. The Morgan fingerprint density at radius 1 is 1.69 bits per heavy atom. The van der Waals surface area contributed by atoms with E-state index in [0.29, 0.717) is 0 Å². The maximum Gasteiger partial charge on any atom is 0.0924 e. The molecule has 74 valence electrons. The number of thioether (sulfide) groups is 1. The van der Waals surface area contributed by atoms with E-state index in [-0.39, 0.29) is 12.2 Å². The van der Waals surface area contributed by atoms with Crippen LogP contribution in [0.5, 0.6) is 0 Å². The third-order valence-electron chi connectivity index (χ3n) is 2.09. The van der Waals surface area contributed by atoms with Gasteiger partial charge in [-0.1, -0.05) is 0 Å². The highest BCUT2D eigenvalue weighted by atomic mass is 32.2. The minimum atomic E-state index is -0.332. The molecule has 0 aromatic carbocycles. The van der Waals surface area contributed by atoms with Crippen LogP contribution < -0.4 is 0 Å². The van der Waals surface area contributed by atoms with Crippen molar-refractivity contribution in [1.82, 2.24) is 0 Å². The molecule has 3 heteroatoms. The summed E-state index contributed by atoms with van der Waals surface area (Å²) in [7, 11) is 0. The molecule has 0 saturated carbocycles. The number of hydrogen-bond acceptors (Lipinski definition) is 3. The van der Waals surface area contributed by atoms with Crippen molar-refractivity contribution in [3.8, 4) is 12.3 Å². The molecule has 2 unspecified atom stereocenters. The molecule has 0 aromatic rings. The lowest BCUT2D eigenvalue weighted by molar-refractivity contribution is -0.0252. The molecule has 13 heavy (non-hydrogen) atoms. The Labute approximate surface area is 84.0 Å². The Bertz CT molecular complexity index is 170. The summed E-state index contributed by atoms with van der Waals surface area (Å²) in [5, 5.41) is 9.69. The van der Waals surface area contributed by atoms with Crippen LogP contribution in [-0.2, 0) is 4.74 Å². The van der Waals surface area contributed by atoms with E-state index in [1.807, 2.05) is 11.8 Å². The van der Waals surface area contributed by atoms with E-state index < -0.39 is 0 Å². The van der Waals surface area contributed by atoms with Crippen molar-refractivity contribution < 1.29 is 9.84 Å². The fourth-order valence-corrected chi connectivity index (χ4v) is 2.26. The average molecular weight is 200 g/mol. The fraction of sp³-hybridized carbons (Fsp3) is 0.800. The van der Waals surface area contributed by atoms with Crippen LogP contribution in [0.3, 0.4) is 0 Å². The van der Waals surface area contributed by atoms with Gasteiger partial charge in [0, 0.05) is 17.9 Å². The van der Waals surface area contributed by atoms with Crippen molar-refractivity contribution in [1.29, 1.82) is 0 Å². The summed E-state index contributed by atoms with van der Waals surface area (Å²) < 4.78 is 5.45. The smallest absolute Gasteiger partial charge is 0.0924 e. The first-order chi connectivity index (χ1) is 6.34. The van der Waals surface area contributed by atoms with Crippen LogP contribution in [0.4, 0.5) is 0 Å². The Kier molecular flexibility index (Phi) is 5.29. The minimum absolute atomic E-state index is 0.0246. The Balaban J connectivity index is 2.14. The molecule has 1 aliphatic rings. The number of aliphatic hydroxyl groups is 1. The number of aliphatic hydroxyl groups excluding tert-OH is 1. The highest BCUT2D eigenvalue weighted by Crippen LogP contribution is 2.18. The standard InChI is InChI=1S/C10H16O2S/c1-2-3-4-5-9(11)10-8-13-7-6-12-10/h1,9-11H,3-8H2. The molecule has 1 aliphatic heterocycles. The van der Waals surface area contributed by atoms with Crippen molar-refractivity contribution in [2.45, 2.75) is 31.5 Å². The van der Waals surface area contributed by atoms with Gasteiger partial charge in [0.05, 0.1) is 18.8 Å². The lowest BCUT2D eigenvalue weighted by atomic mass is 10.1. The second-order valence-corrected chi connectivity index (χ2v) is 4.30. The van der Waals surface area contributed by atoms with Gasteiger partial charge in [0.2, 0.25) is 0 Å². The van der Waals surface area contributed by atoms with Crippen LogP contribution in [0.1, 0.15) is 19.3 Å². The van der Waals surface area contributed by atoms with E-state index in [0.717, 1.165) is 37.4 Å². The summed E-state index contributed by atoms with van der Waals surface area (Å²) in [5.74, 6) is 4.53. The number of unbranched alkanes of at least 4 members (excludes halogenated alkanes) is 1. The van der Waals surface area contributed by atoms with Crippen LogP contribution in [0.15, 0.2) is 0 Å². The zero-order valence-electron chi connectivity index (χ0n) is 7.74. The molecule has 1 rings (SSSR count). The second-order valence-electron chi connectivity index (χ2n) is 3.15. The number of terminal acetylenes is 1. The van der Waals surface area contributed by atoms with Gasteiger partial charge in [0.1, 0.15) is 0 Å². The number of ether oxygens (including phenoxy) is 1. The summed E-state index contributed by atoms with van der Waals surface area (Å²) in [5.41, 5.74) is 0. The van der Waals surface area contributed by atoms with Gasteiger partial charge in [-0.25, -0.2) is 0 Å². The Morgan fingerprint density at radius 2 is 2.54 bits per heavy atom. The third kappa shape index (κ3) is 4.04. The molecule has 0 spiro atoms. The largest absolute Gasteiger partial charge is 0.390 e. The van der Waals surface area contributed by atoms with Gasteiger partial charge in [-0.05, 0) is 12.8 Å². The summed E-state index contributed by atoms with van der Waals surface area (Å²) in [6.45, 7) is 0.765. The SMILES string of the molecule is C#CCCCC(O)C1CSCCO1. The van der Waals surface area contributed by atoms with E-state index >= 15 is 0 Å². The third-order valence-corrected chi connectivity index (χ3v) is 3.11. The molecule has 0 amide bonds. The zero-order chi connectivity index (χ0) is 9.52. The lowest BCUT2D eigenvalue weighted by Crippen LogP contribution is -2.35. The van der Waals surface area contributed by atoms with Gasteiger partial charge in [0.15, 0.2) is 0 Å². The quantitative estimate of drug-likeness (QED) is 0.547. The number of hydrogen-bond donors (Lipinski definition) is 1. The van der Waals surface area contributed by atoms with E-state index in [2.05, 4.69) is 5.92 Å². The van der Waals surface area contributed by atoms with Crippen LogP contribution >= 0.6 is 11.8 Å². The topological polar surface area (TPSA) is 29.5 Å². The van der Waals surface area contributed by atoms with E-state index in [1.165, 1.54) is 0 Å². The fourth-order valence-electron chi connectivity index (χ4n) is 1.33. The molecule has 2 nitrogen and oxygen atoms in total. The van der Waals surface area contributed by atoms with Crippen molar-refractivity contribution in [3.63, 3.8) is 0 Å². The molecule has 1 saturated heterocycles. The molecule has 0 aliphatic carbocycles. The first kappa shape index (κ1) is 10.9. The summed E-state index contributed by atoms with van der Waals surface area (Å²) in [4.78, 5) is 0. The maximum absolute atomic E-state index is 9.69.